The van der Waals surface area contributed by atoms with Crippen molar-refractivity contribution >= 4 is 23.3 Å². The molecule has 7 nitrogen and oxygen atoms in total. The van der Waals surface area contributed by atoms with Crippen molar-refractivity contribution in [2.45, 2.75) is 26.1 Å². The summed E-state index contributed by atoms with van der Waals surface area (Å²) in [5, 5.41) is 12.5. The summed E-state index contributed by atoms with van der Waals surface area (Å²) < 4.78 is 43.2. The number of nitro benzene ring substituents is 1. The van der Waals surface area contributed by atoms with Gasteiger partial charge in [-0.1, -0.05) is 0 Å². The van der Waals surface area contributed by atoms with E-state index in [1.807, 2.05) is 5.32 Å². The number of carbonyl (C=O) groups is 2. The van der Waals surface area contributed by atoms with Crippen molar-refractivity contribution in [1.82, 2.24) is 0 Å². The normalized spacial score (nSPS) is 12.4. The molecule has 0 radical (unpaired) electrons. The number of esters is 1. The average Bonchev–Trinajstić information content (AvgIpc) is 2.36. The Hall–Kier alpha value is -2.65. The number of nitro groups is 1. The van der Waals surface area contributed by atoms with E-state index in [0.29, 0.717) is 6.07 Å². The number of halogens is 3. The summed E-state index contributed by atoms with van der Waals surface area (Å²) in [6, 6.07) is 1.90. The summed E-state index contributed by atoms with van der Waals surface area (Å²) in [7, 11) is 0. The second-order valence-electron chi connectivity index (χ2n) is 4.23. The zero-order valence-corrected chi connectivity index (χ0v) is 11.4. The van der Waals surface area contributed by atoms with Gasteiger partial charge in [0.2, 0.25) is 0 Å². The molecule has 1 N–H and O–H groups in total. The maximum atomic E-state index is 12.9. The first-order chi connectivity index (χ1) is 10.0. The Morgan fingerprint density at radius 3 is 2.41 bits per heavy atom. The van der Waals surface area contributed by atoms with Gasteiger partial charge >= 0.3 is 12.1 Å². The molecule has 1 rings (SSSR count). The number of hydrogen-bond acceptors (Lipinski definition) is 5. The summed E-state index contributed by atoms with van der Waals surface area (Å²) in [5.74, 6) is -1.77. The zero-order chi connectivity index (χ0) is 17.1. The van der Waals surface area contributed by atoms with E-state index in [0.717, 1.165) is 19.1 Å². The van der Waals surface area contributed by atoms with Crippen LogP contribution in [0.1, 0.15) is 19.4 Å². The van der Waals surface area contributed by atoms with Gasteiger partial charge in [-0.3, -0.25) is 19.7 Å². The molecule has 1 aromatic rings. The fourth-order valence-electron chi connectivity index (χ4n) is 1.53. The van der Waals surface area contributed by atoms with Crippen LogP contribution in [0.3, 0.4) is 0 Å². The molecule has 22 heavy (non-hydrogen) atoms. The lowest BCUT2D eigenvalue weighted by Gasteiger charge is -2.16. The fourth-order valence-corrected chi connectivity index (χ4v) is 1.53. The minimum absolute atomic E-state index is 0.312. The lowest BCUT2D eigenvalue weighted by Crippen LogP contribution is -2.30. The summed E-state index contributed by atoms with van der Waals surface area (Å²) in [6.07, 6.45) is -6.21. The molecule has 1 aromatic carbocycles. The van der Waals surface area contributed by atoms with Gasteiger partial charge in [-0.15, -0.1) is 0 Å². The van der Waals surface area contributed by atoms with Crippen LogP contribution in [-0.4, -0.2) is 22.9 Å². The molecule has 0 heterocycles. The number of alkyl halides is 3. The van der Waals surface area contributed by atoms with E-state index in [1.165, 1.54) is 6.92 Å². The molecule has 1 atom stereocenters. The highest BCUT2D eigenvalue weighted by molar-refractivity contribution is 5.95. The second-order valence-corrected chi connectivity index (χ2v) is 4.23. The third-order valence-corrected chi connectivity index (χ3v) is 2.49. The quantitative estimate of drug-likeness (QED) is 0.522. The Morgan fingerprint density at radius 1 is 1.36 bits per heavy atom. The highest BCUT2D eigenvalue weighted by Crippen LogP contribution is 2.37. The number of ether oxygens (including phenoxy) is 1. The van der Waals surface area contributed by atoms with Crippen LogP contribution in [0.5, 0.6) is 0 Å². The molecule has 0 aliphatic rings. The van der Waals surface area contributed by atoms with E-state index in [-0.39, 0.29) is 0 Å². The summed E-state index contributed by atoms with van der Waals surface area (Å²) in [4.78, 5) is 31.9. The largest absolute Gasteiger partial charge is 0.453 e. The summed E-state index contributed by atoms with van der Waals surface area (Å²) >= 11 is 0. The maximum Gasteiger partial charge on any atom is 0.418 e. The van der Waals surface area contributed by atoms with Crippen molar-refractivity contribution < 1.29 is 32.4 Å². The standard InChI is InChI=1S/C12H11F3N2O5/c1-6(22-7(2)18)11(19)16-10-4-3-8(17(20)21)5-9(10)12(13,14)15/h3-6H,1-2H3,(H,16,19)/t6-/m0/s1. The van der Waals surface area contributed by atoms with Crippen molar-refractivity contribution in [3.8, 4) is 0 Å². The Bertz CT molecular complexity index is 615. The van der Waals surface area contributed by atoms with Crippen molar-refractivity contribution in [3.63, 3.8) is 0 Å². The molecule has 0 bridgehead atoms. The van der Waals surface area contributed by atoms with Gasteiger partial charge in [0, 0.05) is 19.1 Å². The maximum absolute atomic E-state index is 12.9. The van der Waals surface area contributed by atoms with Crippen LogP contribution in [0.4, 0.5) is 24.5 Å². The molecular weight excluding hydrogens is 309 g/mol. The lowest BCUT2D eigenvalue weighted by atomic mass is 10.1. The molecule has 0 fully saturated rings. The van der Waals surface area contributed by atoms with Gasteiger partial charge in [0.25, 0.3) is 11.6 Å². The number of hydrogen-bond donors (Lipinski definition) is 1. The van der Waals surface area contributed by atoms with Crippen molar-refractivity contribution in [2.75, 3.05) is 5.32 Å². The summed E-state index contributed by atoms with van der Waals surface area (Å²) in [6.45, 7) is 2.21. The van der Waals surface area contributed by atoms with Crippen LogP contribution in [0.2, 0.25) is 0 Å². The predicted octanol–water partition coefficient (Wildman–Crippen LogP) is 2.50. The monoisotopic (exact) mass is 320 g/mol. The van der Waals surface area contributed by atoms with E-state index in [1.54, 1.807) is 0 Å². The Morgan fingerprint density at radius 2 is 1.95 bits per heavy atom. The number of carbonyl (C=O) groups excluding carboxylic acids is 2. The number of benzene rings is 1. The number of non-ortho nitro benzene ring substituents is 1. The minimum atomic E-state index is -4.90. The first-order valence-corrected chi connectivity index (χ1v) is 5.86. The van der Waals surface area contributed by atoms with E-state index in [4.69, 9.17) is 0 Å². The number of nitrogens with zero attached hydrogens (tertiary/aromatic N) is 1. The molecular formula is C12H11F3N2O5. The molecule has 120 valence electrons. The summed E-state index contributed by atoms with van der Waals surface area (Å²) in [5.41, 5.74) is -2.80. The van der Waals surface area contributed by atoms with Gasteiger partial charge in [-0.2, -0.15) is 13.2 Å². The van der Waals surface area contributed by atoms with Crippen molar-refractivity contribution in [2.24, 2.45) is 0 Å². The Labute approximate surface area is 122 Å². The van der Waals surface area contributed by atoms with Crippen LogP contribution in [-0.2, 0) is 20.5 Å². The Kier molecular flexibility index (Phi) is 5.07. The van der Waals surface area contributed by atoms with E-state index >= 15 is 0 Å². The number of nitrogens with one attached hydrogen (secondary N) is 1. The SMILES string of the molecule is CC(=O)O[C@@H](C)C(=O)Nc1ccc([N+](=O)[O-])cc1C(F)(F)F. The number of rotatable bonds is 4. The number of anilines is 1. The number of amides is 1. The highest BCUT2D eigenvalue weighted by atomic mass is 19.4. The van der Waals surface area contributed by atoms with Gasteiger partial charge in [-0.25, -0.2) is 0 Å². The van der Waals surface area contributed by atoms with Gasteiger partial charge in [-0.05, 0) is 13.0 Å². The van der Waals surface area contributed by atoms with Gasteiger partial charge in [0.05, 0.1) is 16.2 Å². The minimum Gasteiger partial charge on any atom is -0.453 e. The molecule has 1 amide bonds. The smallest absolute Gasteiger partial charge is 0.418 e. The molecule has 0 aliphatic heterocycles. The van der Waals surface area contributed by atoms with E-state index < -0.39 is 46.0 Å². The molecule has 0 spiro atoms. The third-order valence-electron chi connectivity index (χ3n) is 2.49. The van der Waals surface area contributed by atoms with Crippen LogP contribution in [0.15, 0.2) is 18.2 Å². The first kappa shape index (κ1) is 17.4. The van der Waals surface area contributed by atoms with Crippen LogP contribution < -0.4 is 5.32 Å². The average molecular weight is 320 g/mol. The van der Waals surface area contributed by atoms with Gasteiger partial charge in [0.1, 0.15) is 0 Å². The first-order valence-electron chi connectivity index (χ1n) is 5.86. The highest BCUT2D eigenvalue weighted by Gasteiger charge is 2.36. The molecule has 0 saturated carbocycles. The third kappa shape index (κ3) is 4.43. The van der Waals surface area contributed by atoms with E-state index in [9.17, 15) is 32.9 Å². The van der Waals surface area contributed by atoms with Crippen LogP contribution in [0.25, 0.3) is 0 Å². The molecule has 0 unspecified atom stereocenters. The topological polar surface area (TPSA) is 98.5 Å². The van der Waals surface area contributed by atoms with E-state index in [2.05, 4.69) is 4.74 Å². The van der Waals surface area contributed by atoms with Crippen molar-refractivity contribution in [1.29, 1.82) is 0 Å². The van der Waals surface area contributed by atoms with Gasteiger partial charge in [0.15, 0.2) is 6.10 Å². The molecule has 10 heteroatoms. The Balaban J connectivity index is 3.11. The molecule has 0 aliphatic carbocycles. The lowest BCUT2D eigenvalue weighted by molar-refractivity contribution is -0.385. The van der Waals surface area contributed by atoms with Crippen LogP contribution >= 0.6 is 0 Å². The molecule has 0 saturated heterocycles. The van der Waals surface area contributed by atoms with Crippen molar-refractivity contribution in [3.05, 3.63) is 33.9 Å². The fraction of sp³-hybridized carbons (Fsp3) is 0.333. The predicted molar refractivity (Wildman–Crippen MR) is 68.0 cm³/mol. The molecule has 0 aromatic heterocycles. The van der Waals surface area contributed by atoms with Crippen LogP contribution in [0, 0.1) is 10.1 Å². The van der Waals surface area contributed by atoms with Gasteiger partial charge < -0.3 is 10.1 Å². The zero-order valence-electron chi connectivity index (χ0n) is 11.4. The second kappa shape index (κ2) is 6.41.